The maximum Gasteiger partial charge on any atom is 0.222 e. The molecular formula is C15H15N3O2. The standard InChI is InChI=1S/C15H15N3O2/c1-18-6-5-11-7-13(3-4-14(11)18)20-15-8-12(9-19-2)16-10-17-15/h3-8,10H,9H2,1-2H3. The predicted octanol–water partition coefficient (Wildman–Crippen LogP) is 2.91. The first-order valence-corrected chi connectivity index (χ1v) is 6.29. The van der Waals surface area contributed by atoms with E-state index >= 15 is 0 Å². The van der Waals surface area contributed by atoms with Crippen molar-refractivity contribution in [2.45, 2.75) is 6.61 Å². The van der Waals surface area contributed by atoms with E-state index in [1.807, 2.05) is 31.4 Å². The minimum absolute atomic E-state index is 0.441. The third kappa shape index (κ3) is 2.48. The molecule has 0 amide bonds. The Kier molecular flexibility index (Phi) is 3.35. The summed E-state index contributed by atoms with van der Waals surface area (Å²) in [5.41, 5.74) is 1.96. The van der Waals surface area contributed by atoms with Gasteiger partial charge < -0.3 is 14.0 Å². The minimum atomic E-state index is 0.441. The molecule has 0 aliphatic rings. The molecule has 1 aromatic carbocycles. The number of fused-ring (bicyclic) bond motifs is 1. The Morgan fingerprint density at radius 2 is 2.05 bits per heavy atom. The number of rotatable bonds is 4. The van der Waals surface area contributed by atoms with E-state index in [0.717, 1.165) is 16.8 Å². The monoisotopic (exact) mass is 269 g/mol. The van der Waals surface area contributed by atoms with Crippen molar-refractivity contribution < 1.29 is 9.47 Å². The van der Waals surface area contributed by atoms with Crippen molar-refractivity contribution in [1.82, 2.24) is 14.5 Å². The lowest BCUT2D eigenvalue weighted by Crippen LogP contribution is -1.95. The zero-order valence-corrected chi connectivity index (χ0v) is 11.4. The van der Waals surface area contributed by atoms with Gasteiger partial charge >= 0.3 is 0 Å². The molecule has 0 atom stereocenters. The number of benzene rings is 1. The molecule has 2 aromatic heterocycles. The Bertz CT molecular complexity index is 737. The zero-order valence-electron chi connectivity index (χ0n) is 11.4. The fourth-order valence-electron chi connectivity index (χ4n) is 2.10. The van der Waals surface area contributed by atoms with E-state index in [-0.39, 0.29) is 0 Å². The van der Waals surface area contributed by atoms with Crippen LogP contribution in [0.25, 0.3) is 10.9 Å². The summed E-state index contributed by atoms with van der Waals surface area (Å²) in [6.45, 7) is 0.441. The van der Waals surface area contributed by atoms with Crippen LogP contribution in [0.3, 0.4) is 0 Å². The largest absolute Gasteiger partial charge is 0.439 e. The van der Waals surface area contributed by atoms with Gasteiger partial charge in [-0.2, -0.15) is 0 Å². The Morgan fingerprint density at radius 3 is 2.90 bits per heavy atom. The summed E-state index contributed by atoms with van der Waals surface area (Å²) in [6, 6.07) is 9.78. The molecule has 0 bridgehead atoms. The Hall–Kier alpha value is -2.40. The van der Waals surface area contributed by atoms with Crippen molar-refractivity contribution in [2.75, 3.05) is 7.11 Å². The van der Waals surface area contributed by atoms with Gasteiger partial charge in [0.25, 0.3) is 0 Å². The molecule has 0 aliphatic carbocycles. The lowest BCUT2D eigenvalue weighted by Gasteiger charge is -2.06. The van der Waals surface area contributed by atoms with Crippen LogP contribution in [0, 0.1) is 0 Å². The molecule has 0 spiro atoms. The second-order valence-corrected chi connectivity index (χ2v) is 4.53. The van der Waals surface area contributed by atoms with Crippen molar-refractivity contribution in [2.24, 2.45) is 7.05 Å². The number of hydrogen-bond donors (Lipinski definition) is 0. The first-order chi connectivity index (χ1) is 9.76. The van der Waals surface area contributed by atoms with Crippen molar-refractivity contribution >= 4 is 10.9 Å². The van der Waals surface area contributed by atoms with Crippen LogP contribution in [-0.4, -0.2) is 21.6 Å². The smallest absolute Gasteiger partial charge is 0.222 e. The molecule has 0 radical (unpaired) electrons. The summed E-state index contributed by atoms with van der Waals surface area (Å²) in [5.74, 6) is 1.27. The highest BCUT2D eigenvalue weighted by molar-refractivity contribution is 5.81. The molecule has 0 saturated carbocycles. The number of aryl methyl sites for hydroxylation is 1. The van der Waals surface area contributed by atoms with Gasteiger partial charge in [-0.05, 0) is 24.3 Å². The molecule has 0 N–H and O–H groups in total. The van der Waals surface area contributed by atoms with Crippen LogP contribution in [0.2, 0.25) is 0 Å². The van der Waals surface area contributed by atoms with Crippen LogP contribution in [0.15, 0.2) is 42.9 Å². The van der Waals surface area contributed by atoms with Gasteiger partial charge in [0.15, 0.2) is 0 Å². The highest BCUT2D eigenvalue weighted by atomic mass is 16.5. The lowest BCUT2D eigenvalue weighted by molar-refractivity contribution is 0.181. The number of nitrogens with zero attached hydrogens (tertiary/aromatic N) is 3. The van der Waals surface area contributed by atoms with Gasteiger partial charge in [-0.25, -0.2) is 9.97 Å². The predicted molar refractivity (Wildman–Crippen MR) is 75.7 cm³/mol. The average Bonchev–Trinajstić information content (AvgIpc) is 2.81. The second kappa shape index (κ2) is 5.30. The summed E-state index contributed by atoms with van der Waals surface area (Å²) in [6.07, 6.45) is 3.50. The SMILES string of the molecule is COCc1cc(Oc2ccc3c(ccn3C)c2)ncn1. The molecule has 2 heterocycles. The summed E-state index contributed by atoms with van der Waals surface area (Å²) in [7, 11) is 3.65. The lowest BCUT2D eigenvalue weighted by atomic mass is 10.2. The van der Waals surface area contributed by atoms with Crippen molar-refractivity contribution in [3.05, 3.63) is 48.5 Å². The summed E-state index contributed by atoms with van der Waals surface area (Å²) < 4.78 is 12.9. The number of aromatic nitrogens is 3. The third-order valence-electron chi connectivity index (χ3n) is 3.07. The van der Waals surface area contributed by atoms with E-state index in [2.05, 4.69) is 20.6 Å². The first kappa shape index (κ1) is 12.6. The number of hydrogen-bond acceptors (Lipinski definition) is 4. The van der Waals surface area contributed by atoms with Gasteiger partial charge in [-0.1, -0.05) is 0 Å². The van der Waals surface area contributed by atoms with E-state index < -0.39 is 0 Å². The Balaban J connectivity index is 1.86. The molecule has 5 heteroatoms. The molecule has 5 nitrogen and oxygen atoms in total. The van der Waals surface area contributed by atoms with E-state index in [4.69, 9.17) is 9.47 Å². The van der Waals surface area contributed by atoms with Gasteiger partial charge in [0.2, 0.25) is 5.88 Å². The molecule has 0 unspecified atom stereocenters. The molecule has 102 valence electrons. The van der Waals surface area contributed by atoms with Crippen LogP contribution < -0.4 is 4.74 Å². The average molecular weight is 269 g/mol. The molecular weight excluding hydrogens is 254 g/mol. The van der Waals surface area contributed by atoms with Crippen molar-refractivity contribution in [1.29, 1.82) is 0 Å². The van der Waals surface area contributed by atoms with Crippen LogP contribution in [-0.2, 0) is 18.4 Å². The third-order valence-corrected chi connectivity index (χ3v) is 3.07. The fraction of sp³-hybridized carbons (Fsp3) is 0.200. The molecule has 20 heavy (non-hydrogen) atoms. The highest BCUT2D eigenvalue weighted by Gasteiger charge is 2.04. The van der Waals surface area contributed by atoms with Gasteiger partial charge in [0.05, 0.1) is 12.3 Å². The summed E-state index contributed by atoms with van der Waals surface area (Å²) in [5, 5.41) is 1.14. The van der Waals surface area contributed by atoms with Crippen molar-refractivity contribution in [3.8, 4) is 11.6 Å². The van der Waals surface area contributed by atoms with Gasteiger partial charge in [0.1, 0.15) is 12.1 Å². The normalized spacial score (nSPS) is 10.9. The van der Waals surface area contributed by atoms with Crippen LogP contribution in [0.5, 0.6) is 11.6 Å². The van der Waals surface area contributed by atoms with Crippen LogP contribution in [0.4, 0.5) is 0 Å². The molecule has 0 saturated heterocycles. The maximum atomic E-state index is 5.77. The zero-order chi connectivity index (χ0) is 13.9. The quantitative estimate of drug-likeness (QED) is 0.730. The van der Waals surface area contributed by atoms with Crippen LogP contribution in [0.1, 0.15) is 5.69 Å². The maximum absolute atomic E-state index is 5.77. The first-order valence-electron chi connectivity index (χ1n) is 6.29. The van der Waals surface area contributed by atoms with Crippen LogP contribution >= 0.6 is 0 Å². The highest BCUT2D eigenvalue weighted by Crippen LogP contribution is 2.25. The topological polar surface area (TPSA) is 49.2 Å². The van der Waals surface area contributed by atoms with E-state index in [1.54, 1.807) is 13.2 Å². The molecule has 0 aliphatic heterocycles. The number of methoxy groups -OCH3 is 1. The van der Waals surface area contributed by atoms with E-state index in [1.165, 1.54) is 11.8 Å². The molecule has 3 rings (SSSR count). The fourth-order valence-corrected chi connectivity index (χ4v) is 2.10. The summed E-state index contributed by atoms with van der Waals surface area (Å²) in [4.78, 5) is 8.21. The minimum Gasteiger partial charge on any atom is -0.439 e. The van der Waals surface area contributed by atoms with Gasteiger partial charge in [0, 0.05) is 37.3 Å². The Morgan fingerprint density at radius 1 is 1.15 bits per heavy atom. The number of ether oxygens (including phenoxy) is 2. The molecule has 3 aromatic rings. The summed E-state index contributed by atoms with van der Waals surface area (Å²) >= 11 is 0. The van der Waals surface area contributed by atoms with E-state index in [0.29, 0.717) is 12.5 Å². The Labute approximate surface area is 116 Å². The van der Waals surface area contributed by atoms with E-state index in [9.17, 15) is 0 Å². The van der Waals surface area contributed by atoms with Gasteiger partial charge in [-0.15, -0.1) is 0 Å². The van der Waals surface area contributed by atoms with Crippen molar-refractivity contribution in [3.63, 3.8) is 0 Å². The second-order valence-electron chi connectivity index (χ2n) is 4.53. The van der Waals surface area contributed by atoms with Gasteiger partial charge in [-0.3, -0.25) is 0 Å². The molecule has 0 fully saturated rings.